The van der Waals surface area contributed by atoms with E-state index in [0.29, 0.717) is 0 Å². The van der Waals surface area contributed by atoms with Crippen LogP contribution in [0.4, 0.5) is 0 Å². The Morgan fingerprint density at radius 1 is 1.14 bits per heavy atom. The average molecular weight is 292 g/mol. The van der Waals surface area contributed by atoms with Gasteiger partial charge in [0, 0.05) is 6.04 Å². The summed E-state index contributed by atoms with van der Waals surface area (Å²) in [6.07, 6.45) is 0. The summed E-state index contributed by atoms with van der Waals surface area (Å²) >= 11 is 0. The van der Waals surface area contributed by atoms with Gasteiger partial charge in [0.05, 0.1) is 26.2 Å². The summed E-state index contributed by atoms with van der Waals surface area (Å²) in [6, 6.07) is 9.78. The Labute approximate surface area is 126 Å². The van der Waals surface area contributed by atoms with Gasteiger partial charge in [0.1, 0.15) is 0 Å². The Kier molecular flexibility index (Phi) is 6.88. The molecule has 21 heavy (non-hydrogen) atoms. The molecule has 0 aliphatic heterocycles. The number of carbonyl (C=O) groups is 2. The molecule has 0 aromatic heterocycles. The fourth-order valence-corrected chi connectivity index (χ4v) is 1.95. The van der Waals surface area contributed by atoms with E-state index in [9.17, 15) is 9.59 Å². The molecule has 0 saturated heterocycles. The van der Waals surface area contributed by atoms with E-state index in [2.05, 4.69) is 10.1 Å². The summed E-state index contributed by atoms with van der Waals surface area (Å²) in [4.78, 5) is 25.2. The predicted octanol–water partition coefficient (Wildman–Crippen LogP) is 1.75. The van der Waals surface area contributed by atoms with E-state index >= 15 is 0 Å². The van der Waals surface area contributed by atoms with Crippen LogP contribution in [0.15, 0.2) is 30.3 Å². The third-order valence-electron chi connectivity index (χ3n) is 3.31. The van der Waals surface area contributed by atoms with E-state index in [1.165, 1.54) is 7.11 Å². The van der Waals surface area contributed by atoms with Gasteiger partial charge in [0.15, 0.2) is 0 Å². The van der Waals surface area contributed by atoms with Crippen molar-refractivity contribution in [2.45, 2.75) is 32.9 Å². The second-order valence-corrected chi connectivity index (χ2v) is 5.27. The van der Waals surface area contributed by atoms with Crippen LogP contribution in [0.1, 0.15) is 32.4 Å². The van der Waals surface area contributed by atoms with Gasteiger partial charge < -0.3 is 10.1 Å². The van der Waals surface area contributed by atoms with E-state index < -0.39 is 0 Å². The lowest BCUT2D eigenvalue weighted by Gasteiger charge is -2.25. The van der Waals surface area contributed by atoms with Gasteiger partial charge >= 0.3 is 5.97 Å². The van der Waals surface area contributed by atoms with Crippen LogP contribution < -0.4 is 5.32 Å². The van der Waals surface area contributed by atoms with Gasteiger partial charge in [-0.3, -0.25) is 14.5 Å². The van der Waals surface area contributed by atoms with E-state index in [1.807, 2.05) is 51.1 Å². The molecule has 0 fully saturated rings. The van der Waals surface area contributed by atoms with Crippen LogP contribution in [0.3, 0.4) is 0 Å². The third-order valence-corrected chi connectivity index (χ3v) is 3.31. The molecule has 1 unspecified atom stereocenters. The molecule has 1 N–H and O–H groups in total. The molecular weight excluding hydrogens is 268 g/mol. The number of methoxy groups -OCH3 is 1. The number of nitrogens with zero attached hydrogens (tertiary/aromatic N) is 1. The molecule has 1 aromatic rings. The Hall–Kier alpha value is -1.88. The summed E-state index contributed by atoms with van der Waals surface area (Å²) in [5, 5.41) is 2.94. The van der Waals surface area contributed by atoms with Crippen LogP contribution in [0.5, 0.6) is 0 Å². The Morgan fingerprint density at radius 2 is 1.76 bits per heavy atom. The average Bonchev–Trinajstić information content (AvgIpc) is 2.47. The number of hydrogen-bond donors (Lipinski definition) is 1. The monoisotopic (exact) mass is 292 g/mol. The number of hydrogen-bond acceptors (Lipinski definition) is 4. The zero-order valence-corrected chi connectivity index (χ0v) is 13.1. The first kappa shape index (κ1) is 17.2. The molecule has 0 bridgehead atoms. The van der Waals surface area contributed by atoms with Crippen LogP contribution in [0, 0.1) is 0 Å². The quantitative estimate of drug-likeness (QED) is 0.778. The molecule has 5 nitrogen and oxygen atoms in total. The van der Waals surface area contributed by atoms with E-state index in [-0.39, 0.29) is 37.0 Å². The number of amides is 1. The van der Waals surface area contributed by atoms with Gasteiger partial charge in [0.2, 0.25) is 5.91 Å². The Bertz CT molecular complexity index is 460. The van der Waals surface area contributed by atoms with Crippen molar-refractivity contribution in [2.75, 3.05) is 20.2 Å². The van der Waals surface area contributed by atoms with Gasteiger partial charge in [-0.25, -0.2) is 0 Å². The summed E-state index contributed by atoms with van der Waals surface area (Å²) in [7, 11) is 1.35. The first-order valence-electron chi connectivity index (χ1n) is 7.09. The number of nitrogens with one attached hydrogen (secondary N) is 1. The molecule has 0 saturated carbocycles. The second-order valence-electron chi connectivity index (χ2n) is 5.27. The predicted molar refractivity (Wildman–Crippen MR) is 81.7 cm³/mol. The maximum Gasteiger partial charge on any atom is 0.319 e. The van der Waals surface area contributed by atoms with Crippen LogP contribution in [0.2, 0.25) is 0 Å². The number of esters is 1. The maximum absolute atomic E-state index is 12.1. The SMILES string of the molecule is COC(=O)CN(CC(=O)NC(C)c1ccccc1)C(C)C. The molecule has 0 heterocycles. The molecule has 1 aromatic carbocycles. The van der Waals surface area contributed by atoms with Gasteiger partial charge in [-0.15, -0.1) is 0 Å². The molecule has 1 rings (SSSR count). The Morgan fingerprint density at radius 3 is 2.29 bits per heavy atom. The lowest BCUT2D eigenvalue weighted by molar-refractivity contribution is -0.142. The lowest BCUT2D eigenvalue weighted by Crippen LogP contribution is -2.44. The molecule has 0 spiro atoms. The number of carbonyl (C=O) groups excluding carboxylic acids is 2. The van der Waals surface area contributed by atoms with Crippen molar-refractivity contribution in [1.29, 1.82) is 0 Å². The van der Waals surface area contributed by atoms with Crippen LogP contribution >= 0.6 is 0 Å². The van der Waals surface area contributed by atoms with Gasteiger partial charge in [-0.1, -0.05) is 30.3 Å². The number of rotatable bonds is 7. The first-order chi connectivity index (χ1) is 9.93. The highest BCUT2D eigenvalue weighted by Gasteiger charge is 2.19. The molecule has 116 valence electrons. The van der Waals surface area contributed by atoms with Crippen molar-refractivity contribution in [3.05, 3.63) is 35.9 Å². The summed E-state index contributed by atoms with van der Waals surface area (Å²) in [5.74, 6) is -0.448. The third kappa shape index (κ3) is 5.95. The number of ether oxygens (including phenoxy) is 1. The zero-order chi connectivity index (χ0) is 15.8. The lowest BCUT2D eigenvalue weighted by atomic mass is 10.1. The molecule has 0 radical (unpaired) electrons. The summed E-state index contributed by atoms with van der Waals surface area (Å²) in [5.41, 5.74) is 1.05. The second kappa shape index (κ2) is 8.42. The topological polar surface area (TPSA) is 58.6 Å². The summed E-state index contributed by atoms with van der Waals surface area (Å²) in [6.45, 7) is 6.10. The normalized spacial score (nSPS) is 12.3. The maximum atomic E-state index is 12.1. The molecule has 0 aliphatic carbocycles. The van der Waals surface area contributed by atoms with Gasteiger partial charge in [-0.05, 0) is 26.3 Å². The smallest absolute Gasteiger partial charge is 0.319 e. The highest BCUT2D eigenvalue weighted by Crippen LogP contribution is 2.11. The minimum atomic E-state index is -0.340. The number of benzene rings is 1. The van der Waals surface area contributed by atoms with Gasteiger partial charge in [-0.2, -0.15) is 0 Å². The Balaban J connectivity index is 2.56. The fourth-order valence-electron chi connectivity index (χ4n) is 1.95. The fraction of sp³-hybridized carbons (Fsp3) is 0.500. The zero-order valence-electron chi connectivity index (χ0n) is 13.1. The van der Waals surface area contributed by atoms with Crippen molar-refractivity contribution in [2.24, 2.45) is 0 Å². The molecular formula is C16H24N2O3. The van der Waals surface area contributed by atoms with Crippen molar-refractivity contribution < 1.29 is 14.3 Å². The minimum Gasteiger partial charge on any atom is -0.468 e. The first-order valence-corrected chi connectivity index (χ1v) is 7.09. The molecule has 5 heteroatoms. The standard InChI is InChI=1S/C16H24N2O3/c1-12(2)18(11-16(20)21-4)10-15(19)17-13(3)14-8-6-5-7-9-14/h5-9,12-13H,10-11H2,1-4H3,(H,17,19). The minimum absolute atomic E-state index is 0.0640. The largest absolute Gasteiger partial charge is 0.468 e. The highest BCUT2D eigenvalue weighted by molar-refractivity contribution is 5.79. The molecule has 1 atom stereocenters. The highest BCUT2D eigenvalue weighted by atomic mass is 16.5. The molecule has 0 aliphatic rings. The van der Waals surface area contributed by atoms with Crippen molar-refractivity contribution in [1.82, 2.24) is 10.2 Å². The van der Waals surface area contributed by atoms with Crippen molar-refractivity contribution >= 4 is 11.9 Å². The van der Waals surface area contributed by atoms with Crippen molar-refractivity contribution in [3.63, 3.8) is 0 Å². The molecule has 1 amide bonds. The summed E-state index contributed by atoms with van der Waals surface area (Å²) < 4.78 is 4.65. The van der Waals surface area contributed by atoms with Crippen molar-refractivity contribution in [3.8, 4) is 0 Å². The van der Waals surface area contributed by atoms with Crippen LogP contribution in [0.25, 0.3) is 0 Å². The van der Waals surface area contributed by atoms with E-state index in [0.717, 1.165) is 5.56 Å². The van der Waals surface area contributed by atoms with E-state index in [4.69, 9.17) is 0 Å². The van der Waals surface area contributed by atoms with Crippen LogP contribution in [-0.2, 0) is 14.3 Å². The van der Waals surface area contributed by atoms with Crippen LogP contribution in [-0.4, -0.2) is 43.0 Å². The van der Waals surface area contributed by atoms with Gasteiger partial charge in [0.25, 0.3) is 0 Å². The van der Waals surface area contributed by atoms with E-state index in [1.54, 1.807) is 4.90 Å².